The summed E-state index contributed by atoms with van der Waals surface area (Å²) in [6.45, 7) is 0. The summed E-state index contributed by atoms with van der Waals surface area (Å²) in [6.07, 6.45) is -6.75. The van der Waals surface area contributed by atoms with Gasteiger partial charge in [0.05, 0.1) is 10.5 Å². The normalized spacial score (nSPS) is 18.2. The van der Waals surface area contributed by atoms with E-state index in [0.29, 0.717) is 0 Å². The lowest BCUT2D eigenvalue weighted by Gasteiger charge is -2.27. The Kier molecular flexibility index (Phi) is 3.92. The fourth-order valence-corrected chi connectivity index (χ4v) is 2.65. The van der Waals surface area contributed by atoms with Crippen molar-refractivity contribution in [1.29, 1.82) is 0 Å². The van der Waals surface area contributed by atoms with Crippen LogP contribution in [0.4, 0.5) is 13.2 Å². The number of rotatable bonds is 3. The largest absolute Gasteiger partial charge is 0.478 e. The minimum Gasteiger partial charge on any atom is -0.478 e. The highest BCUT2D eigenvalue weighted by Crippen LogP contribution is 2.37. The molecule has 22 heavy (non-hydrogen) atoms. The molecule has 10 heteroatoms. The van der Waals surface area contributed by atoms with Crippen molar-refractivity contribution in [1.82, 2.24) is 4.72 Å². The SMILES string of the molecule is CNS(=O)(=O)c1ccc2c(c1)C=C(C(=O)O)C(C(F)(F)F)O2. The van der Waals surface area contributed by atoms with Gasteiger partial charge in [-0.2, -0.15) is 13.2 Å². The number of benzene rings is 1. The maximum absolute atomic E-state index is 12.8. The number of hydrogen-bond acceptors (Lipinski definition) is 4. The van der Waals surface area contributed by atoms with Gasteiger partial charge in [-0.05, 0) is 31.3 Å². The Hall–Kier alpha value is -2.07. The highest BCUT2D eigenvalue weighted by molar-refractivity contribution is 7.89. The van der Waals surface area contributed by atoms with Gasteiger partial charge in [0.1, 0.15) is 5.75 Å². The van der Waals surface area contributed by atoms with Crippen molar-refractivity contribution in [2.24, 2.45) is 0 Å². The predicted octanol–water partition coefficient (Wildman–Crippen LogP) is 1.39. The molecule has 0 spiro atoms. The average Bonchev–Trinajstić information content (AvgIpc) is 2.44. The van der Waals surface area contributed by atoms with Gasteiger partial charge < -0.3 is 9.84 Å². The molecule has 1 atom stereocenters. The summed E-state index contributed by atoms with van der Waals surface area (Å²) >= 11 is 0. The van der Waals surface area contributed by atoms with E-state index in [1.165, 1.54) is 7.05 Å². The van der Waals surface area contributed by atoms with Crippen LogP contribution in [0.1, 0.15) is 5.56 Å². The lowest BCUT2D eigenvalue weighted by atomic mass is 10.0. The first kappa shape index (κ1) is 16.3. The first-order valence-electron chi connectivity index (χ1n) is 5.82. The molecule has 1 aliphatic heterocycles. The van der Waals surface area contributed by atoms with Crippen LogP contribution in [0.15, 0.2) is 28.7 Å². The Labute approximate surface area is 123 Å². The zero-order valence-electron chi connectivity index (χ0n) is 11.0. The zero-order chi connectivity index (χ0) is 16.7. The number of ether oxygens (including phenoxy) is 1. The molecule has 0 amide bonds. The van der Waals surface area contributed by atoms with Gasteiger partial charge in [0.25, 0.3) is 0 Å². The lowest BCUT2D eigenvalue weighted by molar-refractivity contribution is -0.187. The quantitative estimate of drug-likeness (QED) is 0.869. The number of hydrogen-bond donors (Lipinski definition) is 2. The highest BCUT2D eigenvalue weighted by atomic mass is 32.2. The number of nitrogens with one attached hydrogen (secondary N) is 1. The van der Waals surface area contributed by atoms with Gasteiger partial charge in [-0.15, -0.1) is 0 Å². The molecule has 0 aliphatic carbocycles. The Morgan fingerprint density at radius 3 is 2.50 bits per heavy atom. The summed E-state index contributed by atoms with van der Waals surface area (Å²) in [4.78, 5) is 10.8. The number of fused-ring (bicyclic) bond motifs is 1. The fraction of sp³-hybridized carbons (Fsp3) is 0.250. The van der Waals surface area contributed by atoms with Crippen molar-refractivity contribution in [2.45, 2.75) is 17.2 Å². The van der Waals surface area contributed by atoms with Crippen LogP contribution >= 0.6 is 0 Å². The molecular formula is C12H10F3NO5S. The van der Waals surface area contributed by atoms with Gasteiger partial charge in [-0.1, -0.05) is 0 Å². The van der Waals surface area contributed by atoms with E-state index < -0.39 is 33.8 Å². The van der Waals surface area contributed by atoms with Crippen molar-refractivity contribution in [3.63, 3.8) is 0 Å². The molecule has 0 saturated carbocycles. The Morgan fingerprint density at radius 2 is 2.00 bits per heavy atom. The molecule has 2 N–H and O–H groups in total. The van der Waals surface area contributed by atoms with E-state index in [-0.39, 0.29) is 16.2 Å². The summed E-state index contributed by atoms with van der Waals surface area (Å²) in [6, 6.07) is 3.15. The van der Waals surface area contributed by atoms with E-state index in [1.807, 2.05) is 4.72 Å². The number of alkyl halides is 3. The number of carbonyl (C=O) groups is 1. The Morgan fingerprint density at radius 1 is 1.36 bits per heavy atom. The molecule has 1 aromatic rings. The maximum Gasteiger partial charge on any atom is 0.430 e. The van der Waals surface area contributed by atoms with Crippen LogP contribution in [0.5, 0.6) is 5.75 Å². The van der Waals surface area contributed by atoms with Crippen molar-refractivity contribution in [3.8, 4) is 5.75 Å². The molecule has 120 valence electrons. The summed E-state index contributed by atoms with van der Waals surface area (Å²) in [5, 5.41) is 8.89. The van der Waals surface area contributed by atoms with Crippen LogP contribution < -0.4 is 9.46 Å². The van der Waals surface area contributed by atoms with Crippen molar-refractivity contribution < 1.29 is 36.2 Å². The molecule has 6 nitrogen and oxygen atoms in total. The lowest BCUT2D eigenvalue weighted by Crippen LogP contribution is -2.40. The molecule has 1 aliphatic rings. The number of carboxylic acids is 1. The molecule has 2 rings (SSSR count). The highest BCUT2D eigenvalue weighted by Gasteiger charge is 2.48. The molecule has 0 bridgehead atoms. The summed E-state index contributed by atoms with van der Waals surface area (Å²) < 4.78 is 68.5. The summed E-state index contributed by atoms with van der Waals surface area (Å²) in [7, 11) is -2.65. The molecule has 1 aromatic carbocycles. The minimum absolute atomic E-state index is 0.0609. The first-order chi connectivity index (χ1) is 10.1. The van der Waals surface area contributed by atoms with Crippen LogP contribution in [0.2, 0.25) is 0 Å². The second-order valence-electron chi connectivity index (χ2n) is 4.35. The van der Waals surface area contributed by atoms with Gasteiger partial charge in [0.2, 0.25) is 16.1 Å². The van der Waals surface area contributed by atoms with Crippen LogP contribution in [-0.4, -0.2) is 38.8 Å². The third kappa shape index (κ3) is 2.92. The third-order valence-electron chi connectivity index (χ3n) is 2.94. The summed E-state index contributed by atoms with van der Waals surface area (Å²) in [5.74, 6) is -2.04. The maximum atomic E-state index is 12.8. The topological polar surface area (TPSA) is 92.7 Å². The van der Waals surface area contributed by atoms with Crippen molar-refractivity contribution in [2.75, 3.05) is 7.05 Å². The molecule has 1 heterocycles. The predicted molar refractivity (Wildman–Crippen MR) is 68.8 cm³/mol. The van der Waals surface area contributed by atoms with E-state index in [4.69, 9.17) is 5.11 Å². The number of sulfonamides is 1. The van der Waals surface area contributed by atoms with E-state index in [0.717, 1.165) is 24.3 Å². The standard InChI is InChI=1S/C12H10F3NO5S/c1-16-22(19,20)7-2-3-9-6(4-7)5-8(11(17)18)10(21-9)12(13,14)15/h2-5,10,16H,1H3,(H,17,18). The zero-order valence-corrected chi connectivity index (χ0v) is 11.8. The van der Waals surface area contributed by atoms with Crippen molar-refractivity contribution in [3.05, 3.63) is 29.3 Å². The van der Waals surface area contributed by atoms with E-state index in [1.54, 1.807) is 0 Å². The van der Waals surface area contributed by atoms with Crippen LogP contribution in [-0.2, 0) is 14.8 Å². The van der Waals surface area contributed by atoms with Gasteiger partial charge in [-0.3, -0.25) is 0 Å². The van der Waals surface area contributed by atoms with E-state index >= 15 is 0 Å². The third-order valence-corrected chi connectivity index (χ3v) is 4.35. The first-order valence-corrected chi connectivity index (χ1v) is 7.30. The minimum atomic E-state index is -4.91. The molecule has 1 unspecified atom stereocenters. The average molecular weight is 337 g/mol. The van der Waals surface area contributed by atoms with Crippen LogP contribution in [0.25, 0.3) is 6.08 Å². The molecule has 0 fully saturated rings. The number of halogens is 3. The number of carboxylic acid groups (broad SMARTS) is 1. The summed E-state index contributed by atoms with van der Waals surface area (Å²) in [5.41, 5.74) is -1.08. The van der Waals surface area contributed by atoms with E-state index in [9.17, 15) is 26.4 Å². The molecule has 0 saturated heterocycles. The smallest absolute Gasteiger partial charge is 0.430 e. The Balaban J connectivity index is 2.57. The van der Waals surface area contributed by atoms with Crippen LogP contribution in [0, 0.1) is 0 Å². The fourth-order valence-electron chi connectivity index (χ4n) is 1.88. The second-order valence-corrected chi connectivity index (χ2v) is 6.24. The molecule has 0 aromatic heterocycles. The number of aliphatic carboxylic acids is 1. The van der Waals surface area contributed by atoms with Crippen LogP contribution in [0.3, 0.4) is 0 Å². The monoisotopic (exact) mass is 337 g/mol. The van der Waals surface area contributed by atoms with Gasteiger partial charge in [0, 0.05) is 5.56 Å². The second kappa shape index (κ2) is 5.29. The van der Waals surface area contributed by atoms with Gasteiger partial charge >= 0.3 is 12.1 Å². The molecular weight excluding hydrogens is 327 g/mol. The van der Waals surface area contributed by atoms with Crippen molar-refractivity contribution >= 4 is 22.1 Å². The van der Waals surface area contributed by atoms with Gasteiger partial charge in [-0.25, -0.2) is 17.9 Å². The van der Waals surface area contributed by atoms with Gasteiger partial charge in [0.15, 0.2) is 0 Å². The molecule has 0 radical (unpaired) electrons. The Bertz CT molecular complexity index is 755. The van der Waals surface area contributed by atoms with E-state index in [2.05, 4.69) is 4.74 Å².